The Morgan fingerprint density at radius 3 is 3.05 bits per heavy atom. The van der Waals surface area contributed by atoms with Gasteiger partial charge in [0.15, 0.2) is 6.10 Å². The molecule has 3 aliphatic rings. The third-order valence-electron chi connectivity index (χ3n) is 4.93. The zero-order valence-corrected chi connectivity index (χ0v) is 11.8. The second-order valence-electron chi connectivity index (χ2n) is 6.17. The van der Waals surface area contributed by atoms with E-state index < -0.39 is 6.10 Å². The standard InChI is InChI=1S/C16H20N2O3/c17-13-10-5-3-7-20-15(10)14(13)18-16(19)12-8-9-4-1-2-6-11(9)21-12/h1-2,4,6,10,12-15H,3,5,7-8,17H2,(H,18,19). The van der Waals surface area contributed by atoms with E-state index in [-0.39, 0.29) is 24.1 Å². The largest absolute Gasteiger partial charge is 0.480 e. The topological polar surface area (TPSA) is 73.6 Å². The lowest BCUT2D eigenvalue weighted by molar-refractivity contribution is -0.143. The molecule has 3 N–H and O–H groups in total. The molecule has 4 rings (SSSR count). The lowest BCUT2D eigenvalue weighted by atomic mass is 9.68. The Morgan fingerprint density at radius 2 is 2.19 bits per heavy atom. The molecule has 1 amide bonds. The van der Waals surface area contributed by atoms with Crippen molar-refractivity contribution in [1.82, 2.24) is 5.32 Å². The molecule has 2 heterocycles. The van der Waals surface area contributed by atoms with E-state index >= 15 is 0 Å². The molecular weight excluding hydrogens is 268 g/mol. The summed E-state index contributed by atoms with van der Waals surface area (Å²) in [5.74, 6) is 1.12. The highest BCUT2D eigenvalue weighted by Gasteiger charge is 2.51. The minimum atomic E-state index is -0.447. The number of carbonyl (C=O) groups is 1. The third-order valence-corrected chi connectivity index (χ3v) is 4.93. The lowest BCUT2D eigenvalue weighted by Gasteiger charge is -2.52. The van der Waals surface area contributed by atoms with E-state index in [1.165, 1.54) is 0 Å². The van der Waals surface area contributed by atoms with Crippen molar-refractivity contribution in [2.45, 2.75) is 43.6 Å². The van der Waals surface area contributed by atoms with Gasteiger partial charge in [0.2, 0.25) is 0 Å². The Labute approximate surface area is 123 Å². The summed E-state index contributed by atoms with van der Waals surface area (Å²) in [6.07, 6.45) is 2.43. The van der Waals surface area contributed by atoms with Gasteiger partial charge in [0.1, 0.15) is 5.75 Å². The average Bonchev–Trinajstić information content (AvgIpc) is 2.96. The molecule has 0 bridgehead atoms. The predicted octanol–water partition coefficient (Wildman–Crippen LogP) is 0.611. The van der Waals surface area contributed by atoms with Crippen molar-refractivity contribution in [3.63, 3.8) is 0 Å². The molecule has 1 aromatic carbocycles. The number of hydrogen-bond acceptors (Lipinski definition) is 4. The maximum atomic E-state index is 12.4. The fraction of sp³-hybridized carbons (Fsp3) is 0.562. The van der Waals surface area contributed by atoms with Gasteiger partial charge in [-0.3, -0.25) is 4.79 Å². The first-order valence-electron chi connectivity index (χ1n) is 7.66. The second-order valence-corrected chi connectivity index (χ2v) is 6.17. The molecule has 5 unspecified atom stereocenters. The Balaban J connectivity index is 1.39. The summed E-state index contributed by atoms with van der Waals surface area (Å²) in [6.45, 7) is 0.769. The SMILES string of the molecule is NC1C2CCCOC2C1NC(=O)C1Cc2ccccc2O1. The molecule has 1 saturated carbocycles. The number of benzene rings is 1. The summed E-state index contributed by atoms with van der Waals surface area (Å²) in [7, 11) is 0. The van der Waals surface area contributed by atoms with Gasteiger partial charge in [-0.05, 0) is 24.5 Å². The van der Waals surface area contributed by atoms with Gasteiger partial charge >= 0.3 is 0 Å². The van der Waals surface area contributed by atoms with Crippen LogP contribution in [-0.4, -0.2) is 36.8 Å². The quantitative estimate of drug-likeness (QED) is 0.836. The van der Waals surface area contributed by atoms with E-state index in [0.29, 0.717) is 12.3 Å². The fourth-order valence-electron chi connectivity index (χ4n) is 3.71. The number of hydrogen-bond donors (Lipinski definition) is 2. The van der Waals surface area contributed by atoms with Crippen LogP contribution in [0.3, 0.4) is 0 Å². The van der Waals surface area contributed by atoms with Crippen molar-refractivity contribution in [2.75, 3.05) is 6.61 Å². The highest BCUT2D eigenvalue weighted by molar-refractivity contribution is 5.83. The van der Waals surface area contributed by atoms with E-state index in [1.54, 1.807) is 0 Å². The molecule has 1 aromatic rings. The van der Waals surface area contributed by atoms with Crippen molar-refractivity contribution >= 4 is 5.91 Å². The molecule has 0 spiro atoms. The maximum absolute atomic E-state index is 12.4. The average molecular weight is 288 g/mol. The highest BCUT2D eigenvalue weighted by Crippen LogP contribution is 2.37. The maximum Gasteiger partial charge on any atom is 0.261 e. The van der Waals surface area contributed by atoms with Crippen molar-refractivity contribution in [3.8, 4) is 5.75 Å². The van der Waals surface area contributed by atoms with Crippen molar-refractivity contribution in [1.29, 1.82) is 0 Å². The fourth-order valence-corrected chi connectivity index (χ4v) is 3.71. The van der Waals surface area contributed by atoms with E-state index in [0.717, 1.165) is 30.8 Å². The van der Waals surface area contributed by atoms with Crippen LogP contribution in [0.4, 0.5) is 0 Å². The van der Waals surface area contributed by atoms with Crippen LogP contribution >= 0.6 is 0 Å². The molecule has 0 radical (unpaired) electrons. The molecule has 5 heteroatoms. The molecule has 21 heavy (non-hydrogen) atoms. The summed E-state index contributed by atoms with van der Waals surface area (Å²) in [4.78, 5) is 12.4. The number of ether oxygens (including phenoxy) is 2. The summed E-state index contributed by atoms with van der Waals surface area (Å²) in [5.41, 5.74) is 7.26. The molecule has 5 nitrogen and oxygen atoms in total. The predicted molar refractivity (Wildman–Crippen MR) is 76.9 cm³/mol. The van der Waals surface area contributed by atoms with Crippen LogP contribution in [0.5, 0.6) is 5.75 Å². The molecule has 5 atom stereocenters. The van der Waals surface area contributed by atoms with Crippen molar-refractivity contribution in [2.24, 2.45) is 11.7 Å². The molecule has 0 aromatic heterocycles. The Bertz CT molecular complexity index is 537. The van der Waals surface area contributed by atoms with E-state index in [4.69, 9.17) is 15.2 Å². The summed E-state index contributed by atoms with van der Waals surface area (Å²) in [6, 6.07) is 7.71. The zero-order valence-electron chi connectivity index (χ0n) is 11.8. The van der Waals surface area contributed by atoms with Gasteiger partial charge in [0.25, 0.3) is 5.91 Å². The summed E-state index contributed by atoms with van der Waals surface area (Å²) >= 11 is 0. The molecule has 1 aliphatic carbocycles. The second kappa shape index (κ2) is 5.00. The van der Waals surface area contributed by atoms with Gasteiger partial charge in [-0.15, -0.1) is 0 Å². The van der Waals surface area contributed by atoms with Gasteiger partial charge in [0.05, 0.1) is 12.1 Å². The van der Waals surface area contributed by atoms with Gasteiger partial charge in [-0.1, -0.05) is 18.2 Å². The smallest absolute Gasteiger partial charge is 0.261 e. The Kier molecular flexibility index (Phi) is 3.12. The van der Waals surface area contributed by atoms with Gasteiger partial charge < -0.3 is 20.5 Å². The minimum Gasteiger partial charge on any atom is -0.480 e. The number of para-hydroxylation sites is 1. The summed E-state index contributed by atoms with van der Waals surface area (Å²) in [5, 5.41) is 3.03. The number of amides is 1. The van der Waals surface area contributed by atoms with Crippen molar-refractivity contribution in [3.05, 3.63) is 29.8 Å². The molecule has 112 valence electrons. The number of fused-ring (bicyclic) bond motifs is 2. The number of rotatable bonds is 2. The number of carbonyl (C=O) groups excluding carboxylic acids is 1. The van der Waals surface area contributed by atoms with Crippen LogP contribution in [0.15, 0.2) is 24.3 Å². The van der Waals surface area contributed by atoms with Crippen molar-refractivity contribution < 1.29 is 14.3 Å². The Morgan fingerprint density at radius 1 is 1.33 bits per heavy atom. The zero-order chi connectivity index (χ0) is 14.4. The molecule has 2 aliphatic heterocycles. The molecule has 1 saturated heterocycles. The van der Waals surface area contributed by atoms with E-state index in [2.05, 4.69) is 5.32 Å². The monoisotopic (exact) mass is 288 g/mol. The van der Waals surface area contributed by atoms with E-state index in [1.807, 2.05) is 24.3 Å². The highest BCUT2D eigenvalue weighted by atomic mass is 16.5. The van der Waals surface area contributed by atoms with Crippen LogP contribution in [-0.2, 0) is 16.0 Å². The van der Waals surface area contributed by atoms with Gasteiger partial charge in [-0.25, -0.2) is 0 Å². The number of nitrogens with two attached hydrogens (primary N) is 1. The van der Waals surface area contributed by atoms with Crippen LogP contribution < -0.4 is 15.8 Å². The lowest BCUT2D eigenvalue weighted by Crippen LogP contribution is -2.72. The van der Waals surface area contributed by atoms with Crippen LogP contribution in [0.1, 0.15) is 18.4 Å². The van der Waals surface area contributed by atoms with Crippen LogP contribution in [0.25, 0.3) is 0 Å². The van der Waals surface area contributed by atoms with E-state index in [9.17, 15) is 4.79 Å². The normalized spacial score (nSPS) is 36.9. The molecular formula is C16H20N2O3. The molecule has 2 fully saturated rings. The first-order chi connectivity index (χ1) is 10.2. The van der Waals surface area contributed by atoms with Gasteiger partial charge in [-0.2, -0.15) is 0 Å². The summed E-state index contributed by atoms with van der Waals surface area (Å²) < 4.78 is 11.5. The number of nitrogens with one attached hydrogen (secondary N) is 1. The third kappa shape index (κ3) is 2.12. The minimum absolute atomic E-state index is 0.00280. The first kappa shape index (κ1) is 13.1. The Hall–Kier alpha value is -1.59. The van der Waals surface area contributed by atoms with Gasteiger partial charge in [0, 0.05) is 25.0 Å². The van der Waals surface area contributed by atoms with Crippen LogP contribution in [0.2, 0.25) is 0 Å². The first-order valence-corrected chi connectivity index (χ1v) is 7.66. The van der Waals surface area contributed by atoms with Crippen LogP contribution in [0, 0.1) is 5.92 Å².